The van der Waals surface area contributed by atoms with Crippen molar-refractivity contribution in [2.75, 3.05) is 14.2 Å². The minimum absolute atomic E-state index is 0.196. The van der Waals surface area contributed by atoms with Crippen LogP contribution in [0.3, 0.4) is 0 Å². The number of rotatable bonds is 8. The van der Waals surface area contributed by atoms with Crippen LogP contribution in [0.15, 0.2) is 54.6 Å². The molecule has 0 saturated heterocycles. The van der Waals surface area contributed by atoms with Gasteiger partial charge in [-0.15, -0.1) is 11.3 Å². The molecular weight excluding hydrogens is 386 g/mol. The first-order chi connectivity index (χ1) is 14.0. The highest BCUT2D eigenvalue weighted by Crippen LogP contribution is 2.43. The summed E-state index contributed by atoms with van der Waals surface area (Å²) in [7, 11) is 3.32. The largest absolute Gasteiger partial charge is 0.497 e. The number of hydroxylamine groups is 1. The number of ether oxygens (including phenoxy) is 2. The van der Waals surface area contributed by atoms with E-state index in [-0.39, 0.29) is 18.2 Å². The van der Waals surface area contributed by atoms with E-state index in [2.05, 4.69) is 37.3 Å². The summed E-state index contributed by atoms with van der Waals surface area (Å²) in [5.41, 5.74) is 5.08. The molecule has 0 bridgehead atoms. The smallest absolute Gasteiger partial charge is 0.243 e. The molecule has 1 unspecified atom stereocenters. The van der Waals surface area contributed by atoms with Crippen LogP contribution in [0.2, 0.25) is 0 Å². The summed E-state index contributed by atoms with van der Waals surface area (Å²) in [5, 5.41) is 8.73. The van der Waals surface area contributed by atoms with E-state index in [4.69, 9.17) is 14.7 Å². The number of hydrogen-bond donors (Lipinski definition) is 2. The molecule has 0 aliphatic rings. The van der Waals surface area contributed by atoms with Crippen molar-refractivity contribution in [2.45, 2.75) is 25.7 Å². The number of carbonyl (C=O) groups excluding carboxylic acids is 1. The van der Waals surface area contributed by atoms with Crippen molar-refractivity contribution in [3.05, 3.63) is 59.5 Å². The fraction of sp³-hybridized carbons (Fsp3) is 0.261. The number of benzene rings is 2. The van der Waals surface area contributed by atoms with Crippen molar-refractivity contribution in [1.82, 2.24) is 5.48 Å². The highest BCUT2D eigenvalue weighted by Gasteiger charge is 2.18. The number of thiophene rings is 1. The van der Waals surface area contributed by atoms with Crippen molar-refractivity contribution in [3.8, 4) is 33.1 Å². The molecule has 2 aromatic carbocycles. The lowest BCUT2D eigenvalue weighted by Crippen LogP contribution is -2.18. The van der Waals surface area contributed by atoms with E-state index in [1.165, 1.54) is 9.75 Å². The molecule has 1 aromatic heterocycles. The Morgan fingerprint density at radius 1 is 1.00 bits per heavy atom. The van der Waals surface area contributed by atoms with Gasteiger partial charge in [-0.2, -0.15) is 0 Å². The molecule has 0 radical (unpaired) electrons. The number of amides is 1. The van der Waals surface area contributed by atoms with Crippen LogP contribution in [0.25, 0.3) is 21.6 Å². The third-order valence-electron chi connectivity index (χ3n) is 4.92. The number of hydrogen-bond acceptors (Lipinski definition) is 5. The maximum absolute atomic E-state index is 11.4. The van der Waals surface area contributed by atoms with E-state index < -0.39 is 0 Å². The van der Waals surface area contributed by atoms with Gasteiger partial charge in [0.2, 0.25) is 5.91 Å². The molecule has 1 atom stereocenters. The van der Waals surface area contributed by atoms with Crippen LogP contribution < -0.4 is 15.0 Å². The third-order valence-corrected chi connectivity index (χ3v) is 6.33. The Morgan fingerprint density at radius 2 is 1.55 bits per heavy atom. The van der Waals surface area contributed by atoms with Crippen LogP contribution in [-0.2, 0) is 4.79 Å². The monoisotopic (exact) mass is 411 g/mol. The van der Waals surface area contributed by atoms with Crippen LogP contribution >= 0.6 is 11.3 Å². The first kappa shape index (κ1) is 20.9. The van der Waals surface area contributed by atoms with Crippen LogP contribution in [0.4, 0.5) is 0 Å². The second-order valence-electron chi connectivity index (χ2n) is 6.82. The molecular formula is C23H25NO4S. The normalized spacial score (nSPS) is 11.7. The Kier molecular flexibility index (Phi) is 6.90. The summed E-state index contributed by atoms with van der Waals surface area (Å²) in [5.74, 6) is 1.47. The molecule has 29 heavy (non-hydrogen) atoms. The van der Waals surface area contributed by atoms with Crippen LogP contribution in [0, 0.1) is 0 Å². The quantitative estimate of drug-likeness (QED) is 0.380. The average molecular weight is 412 g/mol. The van der Waals surface area contributed by atoms with E-state index in [1.54, 1.807) is 31.0 Å². The molecule has 0 aliphatic heterocycles. The summed E-state index contributed by atoms with van der Waals surface area (Å²) < 4.78 is 10.6. The SMILES string of the molecule is COc1ccc(-c2cc(C(C)CCC(=O)NO)sc2-c2ccc(OC)cc2)cc1. The standard InChI is InChI=1S/C23H25NO4S/c1-15(4-13-22(25)24-26)21-14-20(16-5-9-18(27-2)10-6-16)23(29-21)17-7-11-19(28-3)12-8-17/h5-12,14-15,26H,4,13H2,1-3H3,(H,24,25). The van der Waals surface area contributed by atoms with Crippen LogP contribution in [0.5, 0.6) is 11.5 Å². The zero-order valence-corrected chi connectivity index (χ0v) is 17.6. The lowest BCUT2D eigenvalue weighted by Gasteiger charge is -2.07. The second kappa shape index (κ2) is 9.58. The van der Waals surface area contributed by atoms with Gasteiger partial charge in [-0.3, -0.25) is 10.0 Å². The summed E-state index contributed by atoms with van der Waals surface area (Å²) >= 11 is 1.73. The fourth-order valence-corrected chi connectivity index (χ4v) is 4.41. The molecule has 5 nitrogen and oxygen atoms in total. The van der Waals surface area contributed by atoms with Crippen molar-refractivity contribution in [2.24, 2.45) is 0 Å². The molecule has 6 heteroatoms. The molecule has 2 N–H and O–H groups in total. The molecule has 0 aliphatic carbocycles. The van der Waals surface area contributed by atoms with Crippen molar-refractivity contribution in [1.29, 1.82) is 0 Å². The molecule has 3 aromatic rings. The Labute approximate surface area is 174 Å². The topological polar surface area (TPSA) is 67.8 Å². The number of nitrogens with one attached hydrogen (secondary N) is 1. The van der Waals surface area contributed by atoms with Gasteiger partial charge in [0.1, 0.15) is 11.5 Å². The van der Waals surface area contributed by atoms with Gasteiger partial charge in [-0.05, 0) is 65.9 Å². The van der Waals surface area contributed by atoms with E-state index in [9.17, 15) is 4.79 Å². The minimum atomic E-state index is -0.362. The molecule has 0 fully saturated rings. The highest BCUT2D eigenvalue weighted by molar-refractivity contribution is 7.16. The molecule has 152 valence electrons. The lowest BCUT2D eigenvalue weighted by molar-refractivity contribution is -0.129. The minimum Gasteiger partial charge on any atom is -0.497 e. The maximum atomic E-state index is 11.4. The summed E-state index contributed by atoms with van der Waals surface area (Å²) in [4.78, 5) is 13.8. The zero-order chi connectivity index (χ0) is 20.8. The molecule has 1 heterocycles. The first-order valence-electron chi connectivity index (χ1n) is 9.41. The van der Waals surface area contributed by atoms with Crippen LogP contribution in [-0.4, -0.2) is 25.3 Å². The van der Waals surface area contributed by atoms with Crippen molar-refractivity contribution < 1.29 is 19.5 Å². The van der Waals surface area contributed by atoms with Crippen molar-refractivity contribution >= 4 is 17.2 Å². The van der Waals surface area contributed by atoms with E-state index in [0.717, 1.165) is 28.2 Å². The summed E-state index contributed by atoms with van der Waals surface area (Å²) in [6.45, 7) is 2.10. The Hall–Kier alpha value is -2.83. The van der Waals surface area contributed by atoms with E-state index in [1.807, 2.05) is 24.3 Å². The fourth-order valence-electron chi connectivity index (χ4n) is 3.14. The van der Waals surface area contributed by atoms with Gasteiger partial charge >= 0.3 is 0 Å². The summed E-state index contributed by atoms with van der Waals surface area (Å²) in [6, 6.07) is 18.3. The van der Waals surface area contributed by atoms with Gasteiger partial charge in [-0.1, -0.05) is 19.1 Å². The molecule has 0 saturated carbocycles. The Balaban J connectivity index is 1.98. The van der Waals surface area contributed by atoms with Gasteiger partial charge in [0.05, 0.1) is 14.2 Å². The Morgan fingerprint density at radius 3 is 2.07 bits per heavy atom. The number of carbonyl (C=O) groups is 1. The predicted molar refractivity (Wildman–Crippen MR) is 116 cm³/mol. The van der Waals surface area contributed by atoms with Gasteiger partial charge in [0.25, 0.3) is 0 Å². The lowest BCUT2D eigenvalue weighted by atomic mass is 9.98. The average Bonchev–Trinajstić information content (AvgIpc) is 3.22. The summed E-state index contributed by atoms with van der Waals surface area (Å²) in [6.07, 6.45) is 0.947. The molecule has 0 spiro atoms. The van der Waals surface area contributed by atoms with Gasteiger partial charge < -0.3 is 9.47 Å². The highest BCUT2D eigenvalue weighted by atomic mass is 32.1. The predicted octanol–water partition coefficient (Wildman–Crippen LogP) is 5.49. The third kappa shape index (κ3) is 4.96. The molecule has 3 rings (SSSR count). The van der Waals surface area contributed by atoms with Crippen molar-refractivity contribution in [3.63, 3.8) is 0 Å². The van der Waals surface area contributed by atoms with Crippen LogP contribution in [0.1, 0.15) is 30.6 Å². The van der Waals surface area contributed by atoms with Gasteiger partial charge in [0.15, 0.2) is 0 Å². The maximum Gasteiger partial charge on any atom is 0.243 e. The van der Waals surface area contributed by atoms with Gasteiger partial charge in [0, 0.05) is 21.7 Å². The Bertz CT molecular complexity index is 883. The molecule has 1 amide bonds. The van der Waals surface area contributed by atoms with Gasteiger partial charge in [-0.25, -0.2) is 5.48 Å². The zero-order valence-electron chi connectivity index (χ0n) is 16.8. The van der Waals surface area contributed by atoms with E-state index in [0.29, 0.717) is 6.42 Å². The van der Waals surface area contributed by atoms with E-state index >= 15 is 0 Å². The second-order valence-corrected chi connectivity index (χ2v) is 7.91. The number of methoxy groups -OCH3 is 2. The first-order valence-corrected chi connectivity index (χ1v) is 10.2.